The third-order valence-corrected chi connectivity index (χ3v) is 6.81. The van der Waals surface area contributed by atoms with Crippen molar-refractivity contribution in [2.75, 3.05) is 33.4 Å². The number of rotatable bonds is 9. The van der Waals surface area contributed by atoms with Gasteiger partial charge in [0.05, 0.1) is 6.61 Å². The van der Waals surface area contributed by atoms with E-state index in [1.165, 1.54) is 12.8 Å². The molecule has 24 heavy (non-hydrogen) atoms. The summed E-state index contributed by atoms with van der Waals surface area (Å²) in [7, 11) is 1.73. The van der Waals surface area contributed by atoms with Crippen LogP contribution in [-0.2, 0) is 9.53 Å². The predicted octanol–water partition coefficient (Wildman–Crippen LogP) is 2.99. The average Bonchev–Trinajstić information content (AvgIpc) is 2.92. The summed E-state index contributed by atoms with van der Waals surface area (Å²) in [6, 6.07) is 0.430. The number of carbonyl (C=O) groups excluding carboxylic acids is 1. The molecule has 1 amide bonds. The van der Waals surface area contributed by atoms with E-state index in [0.29, 0.717) is 17.4 Å². The first-order chi connectivity index (χ1) is 11.5. The van der Waals surface area contributed by atoms with Gasteiger partial charge < -0.3 is 15.0 Å². The molecule has 0 aromatic heterocycles. The van der Waals surface area contributed by atoms with Gasteiger partial charge in [0.2, 0.25) is 5.91 Å². The summed E-state index contributed by atoms with van der Waals surface area (Å²) in [5.41, 5.74) is 2.11. The Bertz CT molecular complexity index is 486. The Balaban J connectivity index is 1.46. The number of ether oxygens (including phenoxy) is 1. The fourth-order valence-electron chi connectivity index (χ4n) is 4.98. The van der Waals surface area contributed by atoms with Crippen molar-refractivity contribution in [1.29, 1.82) is 0 Å². The molecule has 4 heteroatoms. The summed E-state index contributed by atoms with van der Waals surface area (Å²) >= 11 is 0. The minimum atomic E-state index is 0.360. The standard InChI is InChI=1S/C20H34N2O2/c1-20(2)16-5-4-15(18(20)14-16)9-12-22-17(6-7-19(22)23)8-10-21-11-13-24-3/h4,16-18,21H,5-14H2,1-3H3/t16-,17+,18-/m0/s1. The van der Waals surface area contributed by atoms with Crippen LogP contribution in [0.15, 0.2) is 11.6 Å². The lowest BCUT2D eigenvalue weighted by molar-refractivity contribution is -0.129. The highest BCUT2D eigenvalue weighted by Crippen LogP contribution is 2.59. The van der Waals surface area contributed by atoms with E-state index in [1.54, 1.807) is 12.7 Å². The Morgan fingerprint density at radius 1 is 1.38 bits per heavy atom. The molecule has 1 heterocycles. The normalized spacial score (nSPS) is 31.1. The quantitative estimate of drug-likeness (QED) is 0.521. The fraction of sp³-hybridized carbons (Fsp3) is 0.850. The van der Waals surface area contributed by atoms with Crippen LogP contribution in [0.5, 0.6) is 0 Å². The van der Waals surface area contributed by atoms with Gasteiger partial charge in [0.1, 0.15) is 0 Å². The number of allylic oxidation sites excluding steroid dienone is 1. The van der Waals surface area contributed by atoms with Gasteiger partial charge in [-0.1, -0.05) is 25.5 Å². The molecular formula is C20H34N2O2. The molecule has 0 spiro atoms. The lowest BCUT2D eigenvalue weighted by Crippen LogP contribution is -2.48. The lowest BCUT2D eigenvalue weighted by atomic mass is 9.48. The van der Waals surface area contributed by atoms with Crippen LogP contribution in [0.1, 0.15) is 52.4 Å². The van der Waals surface area contributed by atoms with Crippen molar-refractivity contribution in [3.05, 3.63) is 11.6 Å². The van der Waals surface area contributed by atoms with E-state index < -0.39 is 0 Å². The maximum atomic E-state index is 12.3. The van der Waals surface area contributed by atoms with Gasteiger partial charge in [-0.25, -0.2) is 0 Å². The molecule has 1 N–H and O–H groups in total. The highest BCUT2D eigenvalue weighted by atomic mass is 16.5. The minimum Gasteiger partial charge on any atom is -0.383 e. The number of nitrogens with one attached hydrogen (secondary N) is 1. The van der Waals surface area contributed by atoms with E-state index in [2.05, 4.69) is 30.1 Å². The number of methoxy groups -OCH3 is 1. The largest absolute Gasteiger partial charge is 0.383 e. The van der Waals surface area contributed by atoms with Gasteiger partial charge in [-0.3, -0.25) is 4.79 Å². The molecule has 2 bridgehead atoms. The first-order valence-corrected chi connectivity index (χ1v) is 9.72. The topological polar surface area (TPSA) is 41.6 Å². The second-order valence-corrected chi connectivity index (χ2v) is 8.38. The van der Waals surface area contributed by atoms with Crippen LogP contribution in [0.25, 0.3) is 0 Å². The molecule has 4 aliphatic rings. The summed E-state index contributed by atoms with van der Waals surface area (Å²) in [6.07, 6.45) is 9.01. The van der Waals surface area contributed by atoms with Crippen LogP contribution >= 0.6 is 0 Å². The van der Waals surface area contributed by atoms with Crippen molar-refractivity contribution in [3.63, 3.8) is 0 Å². The van der Waals surface area contributed by atoms with E-state index >= 15 is 0 Å². The molecule has 3 aliphatic carbocycles. The molecule has 136 valence electrons. The number of hydrogen-bond acceptors (Lipinski definition) is 3. The Kier molecular flexibility index (Phi) is 5.66. The Hall–Kier alpha value is -0.870. The van der Waals surface area contributed by atoms with Crippen molar-refractivity contribution >= 4 is 5.91 Å². The molecular weight excluding hydrogens is 300 g/mol. The van der Waals surface area contributed by atoms with Gasteiger partial charge in [-0.15, -0.1) is 0 Å². The highest BCUT2D eigenvalue weighted by molar-refractivity contribution is 5.78. The Morgan fingerprint density at radius 2 is 2.21 bits per heavy atom. The number of fused-ring (bicyclic) bond motifs is 1. The molecule has 4 nitrogen and oxygen atoms in total. The molecule has 1 aliphatic heterocycles. The number of amides is 1. The zero-order valence-electron chi connectivity index (χ0n) is 15.6. The van der Waals surface area contributed by atoms with Gasteiger partial charge in [0, 0.05) is 32.7 Å². The van der Waals surface area contributed by atoms with E-state index in [1.807, 2.05) is 0 Å². The number of hydrogen-bond donors (Lipinski definition) is 1. The number of likely N-dealkylation sites (tertiary alicyclic amines) is 1. The van der Waals surface area contributed by atoms with Gasteiger partial charge in [0.25, 0.3) is 0 Å². The fourth-order valence-corrected chi connectivity index (χ4v) is 4.98. The monoisotopic (exact) mass is 334 g/mol. The Morgan fingerprint density at radius 3 is 2.92 bits per heavy atom. The SMILES string of the molecule is COCCNCC[C@H]1CCC(=O)N1CCC1=CC[C@H]2C[C@@H]1C2(C)C. The second kappa shape index (κ2) is 7.57. The summed E-state index contributed by atoms with van der Waals surface area (Å²) in [6.45, 7) is 8.38. The van der Waals surface area contributed by atoms with Gasteiger partial charge in [-0.05, 0) is 55.9 Å². The molecule has 1 saturated heterocycles. The molecule has 3 atom stereocenters. The summed E-state index contributed by atoms with van der Waals surface area (Å²) < 4.78 is 5.06. The molecule has 4 rings (SSSR count). The highest BCUT2D eigenvalue weighted by Gasteiger charge is 2.50. The first kappa shape index (κ1) is 17.9. The van der Waals surface area contributed by atoms with Crippen LogP contribution in [0.3, 0.4) is 0 Å². The van der Waals surface area contributed by atoms with E-state index in [9.17, 15) is 4.79 Å². The van der Waals surface area contributed by atoms with E-state index in [4.69, 9.17) is 4.74 Å². The van der Waals surface area contributed by atoms with Crippen molar-refractivity contribution < 1.29 is 9.53 Å². The molecule has 0 aromatic rings. The summed E-state index contributed by atoms with van der Waals surface area (Å²) in [5.74, 6) is 2.02. The van der Waals surface area contributed by atoms with E-state index in [-0.39, 0.29) is 0 Å². The third-order valence-electron chi connectivity index (χ3n) is 6.81. The van der Waals surface area contributed by atoms with Gasteiger partial charge in [-0.2, -0.15) is 0 Å². The zero-order chi connectivity index (χ0) is 17.2. The molecule has 2 fully saturated rings. The minimum absolute atomic E-state index is 0.360. The van der Waals surface area contributed by atoms with Crippen LogP contribution in [0, 0.1) is 17.3 Å². The van der Waals surface area contributed by atoms with Crippen LogP contribution in [0.2, 0.25) is 0 Å². The Labute approximate surface area is 147 Å². The van der Waals surface area contributed by atoms with Crippen LogP contribution < -0.4 is 5.32 Å². The molecule has 0 radical (unpaired) electrons. The predicted molar refractivity (Wildman–Crippen MR) is 96.8 cm³/mol. The third kappa shape index (κ3) is 3.55. The van der Waals surface area contributed by atoms with Crippen molar-refractivity contribution in [3.8, 4) is 0 Å². The summed E-state index contributed by atoms with van der Waals surface area (Å²) in [5, 5.41) is 3.40. The van der Waals surface area contributed by atoms with Crippen molar-refractivity contribution in [2.24, 2.45) is 17.3 Å². The van der Waals surface area contributed by atoms with Crippen LogP contribution in [-0.4, -0.2) is 50.2 Å². The maximum Gasteiger partial charge on any atom is 0.222 e. The van der Waals surface area contributed by atoms with Crippen molar-refractivity contribution in [1.82, 2.24) is 10.2 Å². The first-order valence-electron chi connectivity index (χ1n) is 9.72. The second-order valence-electron chi connectivity index (χ2n) is 8.38. The molecule has 0 aromatic carbocycles. The van der Waals surface area contributed by atoms with E-state index in [0.717, 1.165) is 63.8 Å². The van der Waals surface area contributed by atoms with Crippen molar-refractivity contribution in [2.45, 2.75) is 58.4 Å². The molecule has 1 saturated carbocycles. The van der Waals surface area contributed by atoms with Crippen LogP contribution in [0.4, 0.5) is 0 Å². The lowest BCUT2D eigenvalue weighted by Gasteiger charge is -2.56. The number of nitrogens with zero attached hydrogens (tertiary/aromatic N) is 1. The molecule has 0 unspecified atom stereocenters. The maximum absolute atomic E-state index is 12.3. The van der Waals surface area contributed by atoms with Gasteiger partial charge >= 0.3 is 0 Å². The summed E-state index contributed by atoms with van der Waals surface area (Å²) in [4.78, 5) is 14.4. The van der Waals surface area contributed by atoms with Gasteiger partial charge in [0.15, 0.2) is 0 Å². The number of carbonyl (C=O) groups is 1. The smallest absolute Gasteiger partial charge is 0.222 e. The zero-order valence-corrected chi connectivity index (χ0v) is 15.6. The average molecular weight is 335 g/mol.